The van der Waals surface area contributed by atoms with E-state index in [1.54, 1.807) is 6.92 Å². The molecule has 0 saturated heterocycles. The fourth-order valence-electron chi connectivity index (χ4n) is 0.979. The number of nitrogen functional groups attached to an aromatic ring is 1. The first-order valence-corrected chi connectivity index (χ1v) is 6.75. The van der Waals surface area contributed by atoms with Crippen molar-refractivity contribution in [3.8, 4) is 0 Å². The van der Waals surface area contributed by atoms with Gasteiger partial charge in [0, 0.05) is 22.5 Å². The van der Waals surface area contributed by atoms with Gasteiger partial charge >= 0.3 is 5.97 Å². The Morgan fingerprint density at radius 3 is 2.94 bits per heavy atom. The van der Waals surface area contributed by atoms with Crippen molar-refractivity contribution in [3.05, 3.63) is 22.3 Å². The highest BCUT2D eigenvalue weighted by molar-refractivity contribution is 7.99. The van der Waals surface area contributed by atoms with E-state index in [1.165, 1.54) is 23.5 Å². The molecule has 0 radical (unpaired) electrons. The van der Waals surface area contributed by atoms with Crippen LogP contribution in [0.1, 0.15) is 17.3 Å². The Kier molecular flexibility index (Phi) is 6.24. The van der Waals surface area contributed by atoms with Crippen molar-refractivity contribution in [2.45, 2.75) is 12.1 Å². The molecule has 8 heteroatoms. The predicted molar refractivity (Wildman–Crippen MR) is 72.9 cm³/mol. The SMILES string of the molecule is CCOC(=O)c1cnc(SC/C(Cl)=C\Cl)nc1N. The van der Waals surface area contributed by atoms with Crippen LogP contribution in [0.25, 0.3) is 0 Å². The first kappa shape index (κ1) is 15.1. The summed E-state index contributed by atoms with van der Waals surface area (Å²) in [7, 11) is 0. The molecule has 0 aliphatic heterocycles. The summed E-state index contributed by atoms with van der Waals surface area (Å²) >= 11 is 12.4. The highest BCUT2D eigenvalue weighted by Crippen LogP contribution is 2.21. The molecule has 0 aliphatic carbocycles. The van der Waals surface area contributed by atoms with Crippen molar-refractivity contribution in [1.82, 2.24) is 9.97 Å². The Hall–Kier alpha value is -0.980. The third-order valence-corrected chi connectivity index (χ3v) is 3.44. The second-order valence-electron chi connectivity index (χ2n) is 3.02. The molecule has 0 aromatic carbocycles. The minimum absolute atomic E-state index is 0.0805. The molecule has 0 bridgehead atoms. The van der Waals surface area contributed by atoms with Crippen molar-refractivity contribution in [2.24, 2.45) is 0 Å². The van der Waals surface area contributed by atoms with Gasteiger partial charge in [-0.2, -0.15) is 0 Å². The van der Waals surface area contributed by atoms with E-state index < -0.39 is 5.97 Å². The molecule has 0 saturated carbocycles. The van der Waals surface area contributed by atoms with E-state index in [2.05, 4.69) is 9.97 Å². The number of carbonyl (C=O) groups is 1. The van der Waals surface area contributed by atoms with Crippen LogP contribution in [0, 0.1) is 0 Å². The van der Waals surface area contributed by atoms with Gasteiger partial charge < -0.3 is 10.5 Å². The van der Waals surface area contributed by atoms with Gasteiger partial charge in [-0.1, -0.05) is 35.0 Å². The number of rotatable bonds is 5. The zero-order valence-corrected chi connectivity index (χ0v) is 11.8. The fourth-order valence-corrected chi connectivity index (χ4v) is 1.95. The molecule has 1 aromatic heterocycles. The summed E-state index contributed by atoms with van der Waals surface area (Å²) in [5, 5.41) is 0.885. The van der Waals surface area contributed by atoms with E-state index in [1.807, 2.05) is 0 Å². The smallest absolute Gasteiger partial charge is 0.343 e. The van der Waals surface area contributed by atoms with Gasteiger partial charge in [-0.15, -0.1) is 0 Å². The average molecular weight is 308 g/mol. The maximum atomic E-state index is 11.5. The number of ether oxygens (including phenoxy) is 1. The lowest BCUT2D eigenvalue weighted by Crippen LogP contribution is -2.10. The van der Waals surface area contributed by atoms with Gasteiger partial charge in [-0.05, 0) is 6.92 Å². The normalized spacial score (nSPS) is 11.4. The summed E-state index contributed by atoms with van der Waals surface area (Å²) in [4.78, 5) is 19.4. The van der Waals surface area contributed by atoms with E-state index in [0.29, 0.717) is 15.9 Å². The number of aromatic nitrogens is 2. The molecule has 1 rings (SSSR count). The number of esters is 1. The van der Waals surface area contributed by atoms with Crippen LogP contribution in [0.4, 0.5) is 5.82 Å². The Morgan fingerprint density at radius 1 is 1.67 bits per heavy atom. The summed E-state index contributed by atoms with van der Waals surface area (Å²) in [5.74, 6) is -0.0226. The Bertz CT molecular complexity index is 468. The first-order chi connectivity index (χ1) is 8.58. The molecule has 1 aromatic rings. The van der Waals surface area contributed by atoms with Gasteiger partial charge in [0.25, 0.3) is 0 Å². The Morgan fingerprint density at radius 2 is 2.39 bits per heavy atom. The van der Waals surface area contributed by atoms with Gasteiger partial charge in [0.1, 0.15) is 11.4 Å². The highest BCUT2D eigenvalue weighted by Gasteiger charge is 2.13. The lowest BCUT2D eigenvalue weighted by Gasteiger charge is -2.05. The average Bonchev–Trinajstić information content (AvgIpc) is 2.36. The molecule has 0 atom stereocenters. The largest absolute Gasteiger partial charge is 0.462 e. The molecule has 0 amide bonds. The topological polar surface area (TPSA) is 78.1 Å². The van der Waals surface area contributed by atoms with E-state index in [-0.39, 0.29) is 18.0 Å². The van der Waals surface area contributed by atoms with Crippen molar-refractivity contribution in [3.63, 3.8) is 0 Å². The fraction of sp³-hybridized carbons (Fsp3) is 0.300. The van der Waals surface area contributed by atoms with E-state index in [9.17, 15) is 4.79 Å². The molecule has 0 unspecified atom stereocenters. The van der Waals surface area contributed by atoms with Crippen LogP contribution in [0.2, 0.25) is 0 Å². The zero-order valence-electron chi connectivity index (χ0n) is 9.52. The van der Waals surface area contributed by atoms with E-state index in [4.69, 9.17) is 33.7 Å². The second-order valence-corrected chi connectivity index (χ2v) is 4.66. The molecule has 98 valence electrons. The van der Waals surface area contributed by atoms with E-state index in [0.717, 1.165) is 0 Å². The molecule has 5 nitrogen and oxygen atoms in total. The minimum Gasteiger partial charge on any atom is -0.462 e. The zero-order chi connectivity index (χ0) is 13.5. The third kappa shape index (κ3) is 4.36. The molecule has 0 aliphatic rings. The summed E-state index contributed by atoms with van der Waals surface area (Å²) < 4.78 is 4.81. The summed E-state index contributed by atoms with van der Waals surface area (Å²) in [6.45, 7) is 1.98. The van der Waals surface area contributed by atoms with E-state index >= 15 is 0 Å². The minimum atomic E-state index is -0.537. The molecule has 1 heterocycles. The monoisotopic (exact) mass is 307 g/mol. The van der Waals surface area contributed by atoms with Gasteiger partial charge in [-0.25, -0.2) is 14.8 Å². The number of hydrogen-bond donors (Lipinski definition) is 1. The summed E-state index contributed by atoms with van der Waals surface area (Å²) in [5.41, 5.74) is 7.07. The molecule has 0 spiro atoms. The molecule has 0 fully saturated rings. The Labute approximate surface area is 119 Å². The molecule has 2 N–H and O–H groups in total. The lowest BCUT2D eigenvalue weighted by atomic mass is 10.3. The number of hydrogen-bond acceptors (Lipinski definition) is 6. The maximum Gasteiger partial charge on any atom is 0.343 e. The maximum absolute atomic E-state index is 11.5. The van der Waals surface area contributed by atoms with Crippen LogP contribution in [-0.4, -0.2) is 28.3 Å². The van der Waals surface area contributed by atoms with Crippen LogP contribution in [0.5, 0.6) is 0 Å². The van der Waals surface area contributed by atoms with Crippen LogP contribution in [-0.2, 0) is 4.74 Å². The summed E-state index contributed by atoms with van der Waals surface area (Å²) in [6.07, 6.45) is 1.33. The Balaban J connectivity index is 2.76. The van der Waals surface area contributed by atoms with Gasteiger partial charge in [0.2, 0.25) is 0 Å². The molecular formula is C10H11Cl2N3O2S. The van der Waals surface area contributed by atoms with Gasteiger partial charge in [0.15, 0.2) is 5.16 Å². The second kappa shape index (κ2) is 7.45. The number of nitrogens with zero attached hydrogens (tertiary/aromatic N) is 2. The van der Waals surface area contributed by atoms with Gasteiger partial charge in [0.05, 0.1) is 6.61 Å². The number of anilines is 1. The van der Waals surface area contributed by atoms with Crippen LogP contribution in [0.15, 0.2) is 21.9 Å². The van der Waals surface area contributed by atoms with Crippen molar-refractivity contribution in [1.29, 1.82) is 0 Å². The summed E-state index contributed by atoms with van der Waals surface area (Å²) in [6, 6.07) is 0. The first-order valence-electron chi connectivity index (χ1n) is 4.95. The van der Waals surface area contributed by atoms with Crippen molar-refractivity contribution in [2.75, 3.05) is 18.1 Å². The standard InChI is InChI=1S/C10H11Cl2N3O2S/c1-2-17-9(16)7-4-14-10(15-8(7)13)18-5-6(12)3-11/h3-4H,2,5H2,1H3,(H2,13,14,15)/b6-3+. The molecular weight excluding hydrogens is 297 g/mol. The highest BCUT2D eigenvalue weighted by atomic mass is 35.5. The molecule has 18 heavy (non-hydrogen) atoms. The van der Waals surface area contributed by atoms with Crippen molar-refractivity contribution >= 4 is 46.8 Å². The van der Waals surface area contributed by atoms with Crippen LogP contribution in [0.3, 0.4) is 0 Å². The number of halogens is 2. The number of carbonyl (C=O) groups excluding carboxylic acids is 1. The lowest BCUT2D eigenvalue weighted by molar-refractivity contribution is 0.0526. The predicted octanol–water partition coefficient (Wildman–Crippen LogP) is 2.65. The van der Waals surface area contributed by atoms with Crippen LogP contribution < -0.4 is 5.73 Å². The quantitative estimate of drug-likeness (QED) is 0.512. The third-order valence-electron chi connectivity index (χ3n) is 1.75. The van der Waals surface area contributed by atoms with Crippen LogP contribution >= 0.6 is 35.0 Å². The number of nitrogens with two attached hydrogens (primary N) is 1. The van der Waals surface area contributed by atoms with Gasteiger partial charge in [-0.3, -0.25) is 0 Å². The van der Waals surface area contributed by atoms with Crippen molar-refractivity contribution < 1.29 is 9.53 Å². The number of thioether (sulfide) groups is 1.